The van der Waals surface area contributed by atoms with Crippen molar-refractivity contribution >= 4 is 33.9 Å². The standard InChI is InChI=1S/C15H20IN3S/c1-15(2,3)17-10-4-5-13-18-19-14(20-13)11-6-8-12(16)9-7-11/h6-9,17H,4-5,10H2,1-3H3. The van der Waals surface area contributed by atoms with E-state index in [2.05, 4.69) is 83.1 Å². The second kappa shape index (κ2) is 6.95. The van der Waals surface area contributed by atoms with Gasteiger partial charge in [0.05, 0.1) is 0 Å². The molecule has 20 heavy (non-hydrogen) atoms. The van der Waals surface area contributed by atoms with Crippen LogP contribution < -0.4 is 5.32 Å². The fourth-order valence-electron chi connectivity index (χ4n) is 1.77. The molecule has 0 bridgehead atoms. The Balaban J connectivity index is 1.88. The van der Waals surface area contributed by atoms with E-state index in [-0.39, 0.29) is 5.54 Å². The zero-order chi connectivity index (χ0) is 14.6. The minimum atomic E-state index is 0.188. The van der Waals surface area contributed by atoms with Gasteiger partial charge in [-0.1, -0.05) is 23.5 Å². The second-order valence-electron chi connectivity index (χ2n) is 5.79. The van der Waals surface area contributed by atoms with Crippen molar-refractivity contribution in [3.8, 4) is 10.6 Å². The Bertz CT molecular complexity index is 543. The minimum absolute atomic E-state index is 0.188. The number of aryl methyl sites for hydroxylation is 1. The highest BCUT2D eigenvalue weighted by atomic mass is 127. The molecule has 1 heterocycles. The van der Waals surface area contributed by atoms with Crippen LogP contribution in [0.25, 0.3) is 10.6 Å². The van der Waals surface area contributed by atoms with Crippen molar-refractivity contribution < 1.29 is 0 Å². The Morgan fingerprint density at radius 3 is 2.50 bits per heavy atom. The molecule has 0 saturated carbocycles. The number of benzene rings is 1. The van der Waals surface area contributed by atoms with E-state index in [1.807, 2.05) is 0 Å². The first-order chi connectivity index (χ1) is 9.44. The molecule has 1 aromatic heterocycles. The summed E-state index contributed by atoms with van der Waals surface area (Å²) in [5.41, 5.74) is 1.34. The van der Waals surface area contributed by atoms with Crippen LogP contribution in [0.5, 0.6) is 0 Å². The number of aromatic nitrogens is 2. The molecule has 3 nitrogen and oxygen atoms in total. The highest BCUT2D eigenvalue weighted by Crippen LogP contribution is 2.24. The summed E-state index contributed by atoms with van der Waals surface area (Å²) in [4.78, 5) is 0. The molecule has 0 aliphatic carbocycles. The molecule has 0 aliphatic rings. The van der Waals surface area contributed by atoms with Gasteiger partial charge in [0, 0.05) is 21.1 Å². The molecule has 0 amide bonds. The molecule has 108 valence electrons. The molecule has 5 heteroatoms. The molecule has 0 spiro atoms. The van der Waals surface area contributed by atoms with Gasteiger partial charge in [0.2, 0.25) is 0 Å². The molecule has 1 N–H and O–H groups in total. The van der Waals surface area contributed by atoms with Crippen molar-refractivity contribution in [1.29, 1.82) is 0 Å². The Hall–Kier alpha value is -0.530. The van der Waals surface area contributed by atoms with Crippen LogP contribution in [0, 0.1) is 3.57 Å². The van der Waals surface area contributed by atoms with Crippen LogP contribution in [0.15, 0.2) is 24.3 Å². The van der Waals surface area contributed by atoms with Crippen molar-refractivity contribution in [3.63, 3.8) is 0 Å². The third-order valence-corrected chi connectivity index (χ3v) is 4.53. The Kier molecular flexibility index (Phi) is 5.51. The van der Waals surface area contributed by atoms with Gasteiger partial charge >= 0.3 is 0 Å². The molecule has 0 unspecified atom stereocenters. The van der Waals surface area contributed by atoms with E-state index in [9.17, 15) is 0 Å². The Labute approximate surface area is 138 Å². The van der Waals surface area contributed by atoms with E-state index in [1.54, 1.807) is 11.3 Å². The summed E-state index contributed by atoms with van der Waals surface area (Å²) in [5, 5.41) is 14.2. The fourth-order valence-corrected chi connectivity index (χ4v) is 3.01. The van der Waals surface area contributed by atoms with E-state index in [0.717, 1.165) is 35.0 Å². The van der Waals surface area contributed by atoms with Crippen molar-refractivity contribution in [2.45, 2.75) is 39.2 Å². The molecule has 0 atom stereocenters. The van der Waals surface area contributed by atoms with Crippen LogP contribution in [-0.2, 0) is 6.42 Å². The lowest BCUT2D eigenvalue weighted by molar-refractivity contribution is 0.422. The summed E-state index contributed by atoms with van der Waals surface area (Å²) in [6.07, 6.45) is 2.09. The monoisotopic (exact) mass is 401 g/mol. The fraction of sp³-hybridized carbons (Fsp3) is 0.467. The first-order valence-electron chi connectivity index (χ1n) is 6.77. The van der Waals surface area contributed by atoms with Crippen molar-refractivity contribution in [2.75, 3.05) is 6.54 Å². The smallest absolute Gasteiger partial charge is 0.147 e. The van der Waals surface area contributed by atoms with Crippen LogP contribution in [0.4, 0.5) is 0 Å². The summed E-state index contributed by atoms with van der Waals surface area (Å²) in [6, 6.07) is 8.41. The SMILES string of the molecule is CC(C)(C)NCCCc1nnc(-c2ccc(I)cc2)s1. The van der Waals surface area contributed by atoms with Gasteiger partial charge in [-0.05, 0) is 68.5 Å². The molecule has 0 aliphatic heterocycles. The number of halogens is 1. The lowest BCUT2D eigenvalue weighted by atomic mass is 10.1. The maximum absolute atomic E-state index is 4.29. The van der Waals surface area contributed by atoms with Crippen molar-refractivity contribution in [1.82, 2.24) is 15.5 Å². The molecule has 0 radical (unpaired) electrons. The highest BCUT2D eigenvalue weighted by Gasteiger charge is 2.09. The maximum Gasteiger partial charge on any atom is 0.147 e. The van der Waals surface area contributed by atoms with Gasteiger partial charge in [-0.15, -0.1) is 10.2 Å². The van der Waals surface area contributed by atoms with E-state index in [1.165, 1.54) is 3.57 Å². The number of nitrogens with zero attached hydrogens (tertiary/aromatic N) is 2. The van der Waals surface area contributed by atoms with Gasteiger partial charge in [0.15, 0.2) is 0 Å². The lowest BCUT2D eigenvalue weighted by Gasteiger charge is -2.20. The van der Waals surface area contributed by atoms with Crippen molar-refractivity contribution in [3.05, 3.63) is 32.8 Å². The molecule has 2 aromatic rings. The molecule has 0 saturated heterocycles. The molecule has 1 aromatic carbocycles. The van der Waals surface area contributed by atoms with Gasteiger partial charge < -0.3 is 5.32 Å². The maximum atomic E-state index is 4.29. The van der Waals surface area contributed by atoms with E-state index in [4.69, 9.17) is 0 Å². The second-order valence-corrected chi connectivity index (χ2v) is 8.10. The van der Waals surface area contributed by atoms with Gasteiger partial charge in [0.25, 0.3) is 0 Å². The highest BCUT2D eigenvalue weighted by molar-refractivity contribution is 14.1. The number of hydrogen-bond donors (Lipinski definition) is 1. The zero-order valence-corrected chi connectivity index (χ0v) is 15.1. The Morgan fingerprint density at radius 2 is 1.85 bits per heavy atom. The Morgan fingerprint density at radius 1 is 1.15 bits per heavy atom. The summed E-state index contributed by atoms with van der Waals surface area (Å²) < 4.78 is 1.24. The summed E-state index contributed by atoms with van der Waals surface area (Å²) in [7, 11) is 0. The summed E-state index contributed by atoms with van der Waals surface area (Å²) in [5.74, 6) is 0. The van der Waals surface area contributed by atoms with Crippen LogP contribution in [-0.4, -0.2) is 22.3 Å². The van der Waals surface area contributed by atoms with Crippen LogP contribution in [0.3, 0.4) is 0 Å². The number of hydrogen-bond acceptors (Lipinski definition) is 4. The molecule has 0 fully saturated rings. The van der Waals surface area contributed by atoms with Crippen molar-refractivity contribution in [2.24, 2.45) is 0 Å². The largest absolute Gasteiger partial charge is 0.312 e. The van der Waals surface area contributed by atoms with Gasteiger partial charge in [-0.25, -0.2) is 0 Å². The molecule has 2 rings (SSSR count). The van der Waals surface area contributed by atoms with E-state index in [0.29, 0.717) is 0 Å². The third kappa shape index (κ3) is 5.10. The normalized spacial score (nSPS) is 11.8. The van der Waals surface area contributed by atoms with Crippen LogP contribution in [0.1, 0.15) is 32.2 Å². The molecular weight excluding hydrogens is 381 g/mol. The number of rotatable bonds is 5. The molecular formula is C15H20IN3S. The predicted octanol–water partition coefficient (Wildman–Crippen LogP) is 4.13. The third-order valence-electron chi connectivity index (χ3n) is 2.78. The van der Waals surface area contributed by atoms with Crippen LogP contribution in [0.2, 0.25) is 0 Å². The minimum Gasteiger partial charge on any atom is -0.312 e. The number of nitrogens with one attached hydrogen (secondary N) is 1. The van der Waals surface area contributed by atoms with Gasteiger partial charge in [-0.2, -0.15) is 0 Å². The van der Waals surface area contributed by atoms with E-state index < -0.39 is 0 Å². The summed E-state index contributed by atoms with van der Waals surface area (Å²) in [6.45, 7) is 7.58. The average Bonchev–Trinajstić information content (AvgIpc) is 2.83. The first-order valence-corrected chi connectivity index (χ1v) is 8.67. The lowest BCUT2D eigenvalue weighted by Crippen LogP contribution is -2.36. The van der Waals surface area contributed by atoms with Crippen LogP contribution >= 0.6 is 33.9 Å². The van der Waals surface area contributed by atoms with E-state index >= 15 is 0 Å². The summed E-state index contributed by atoms with van der Waals surface area (Å²) >= 11 is 4.01. The van der Waals surface area contributed by atoms with Gasteiger partial charge in [0.1, 0.15) is 10.0 Å². The average molecular weight is 401 g/mol. The quantitative estimate of drug-likeness (QED) is 0.605. The van der Waals surface area contributed by atoms with Gasteiger partial charge in [-0.3, -0.25) is 0 Å². The predicted molar refractivity (Wildman–Crippen MR) is 94.1 cm³/mol. The zero-order valence-electron chi connectivity index (χ0n) is 12.1. The topological polar surface area (TPSA) is 37.8 Å². The first kappa shape index (κ1) is 15.9.